The van der Waals surface area contributed by atoms with Gasteiger partial charge in [0.1, 0.15) is 24.0 Å². The summed E-state index contributed by atoms with van der Waals surface area (Å²) in [6.07, 6.45) is 0. The minimum atomic E-state index is -0.530. The standard InChI is InChI=1S/C14H10Cl2F2O/c15-7-9-4-11(17)6-12(5-9)19-8-10-2-1-3-13(16)14(10)18/h1-6H,7-8H2. The van der Waals surface area contributed by atoms with Crippen molar-refractivity contribution in [3.63, 3.8) is 0 Å². The SMILES string of the molecule is Fc1cc(CCl)cc(OCc2cccc(Cl)c2F)c1. The molecule has 2 aromatic carbocycles. The molecule has 0 bridgehead atoms. The van der Waals surface area contributed by atoms with Gasteiger partial charge < -0.3 is 4.74 Å². The number of rotatable bonds is 4. The first-order valence-corrected chi connectivity index (χ1v) is 6.42. The highest BCUT2D eigenvalue weighted by molar-refractivity contribution is 6.30. The molecule has 0 spiro atoms. The normalized spacial score (nSPS) is 10.5. The Balaban J connectivity index is 2.14. The third kappa shape index (κ3) is 3.58. The first-order valence-electron chi connectivity index (χ1n) is 5.51. The van der Waals surface area contributed by atoms with Crippen molar-refractivity contribution in [2.45, 2.75) is 12.5 Å². The average Bonchev–Trinajstić information content (AvgIpc) is 2.40. The molecule has 0 radical (unpaired) electrons. The van der Waals surface area contributed by atoms with Crippen molar-refractivity contribution in [1.82, 2.24) is 0 Å². The molecule has 0 fully saturated rings. The van der Waals surface area contributed by atoms with E-state index in [0.29, 0.717) is 16.9 Å². The van der Waals surface area contributed by atoms with Gasteiger partial charge in [-0.2, -0.15) is 0 Å². The van der Waals surface area contributed by atoms with Crippen LogP contribution < -0.4 is 4.74 Å². The van der Waals surface area contributed by atoms with Gasteiger partial charge in [-0.15, -0.1) is 11.6 Å². The molecule has 1 nitrogen and oxygen atoms in total. The fourth-order valence-corrected chi connectivity index (χ4v) is 1.95. The maximum atomic E-state index is 13.6. The number of benzene rings is 2. The third-order valence-electron chi connectivity index (χ3n) is 2.51. The molecule has 0 N–H and O–H groups in total. The molecule has 0 aliphatic rings. The maximum absolute atomic E-state index is 13.6. The second kappa shape index (κ2) is 6.22. The van der Waals surface area contributed by atoms with Gasteiger partial charge in [-0.25, -0.2) is 8.78 Å². The van der Waals surface area contributed by atoms with E-state index in [2.05, 4.69) is 0 Å². The molecule has 0 atom stereocenters. The van der Waals surface area contributed by atoms with Crippen molar-refractivity contribution < 1.29 is 13.5 Å². The molecule has 100 valence electrons. The lowest BCUT2D eigenvalue weighted by molar-refractivity contribution is 0.298. The van der Waals surface area contributed by atoms with E-state index in [1.54, 1.807) is 18.2 Å². The Morgan fingerprint density at radius 1 is 1.11 bits per heavy atom. The smallest absolute Gasteiger partial charge is 0.148 e. The van der Waals surface area contributed by atoms with E-state index in [0.717, 1.165) is 0 Å². The minimum Gasteiger partial charge on any atom is -0.489 e. The summed E-state index contributed by atoms with van der Waals surface area (Å²) in [5.41, 5.74) is 0.910. The zero-order chi connectivity index (χ0) is 13.8. The largest absolute Gasteiger partial charge is 0.489 e. The highest BCUT2D eigenvalue weighted by Gasteiger charge is 2.07. The molecule has 0 unspecified atom stereocenters. The van der Waals surface area contributed by atoms with Crippen molar-refractivity contribution in [2.75, 3.05) is 0 Å². The van der Waals surface area contributed by atoms with Gasteiger partial charge >= 0.3 is 0 Å². The molecule has 0 amide bonds. The number of hydrogen-bond donors (Lipinski definition) is 0. The van der Waals surface area contributed by atoms with Crippen LogP contribution in [0.1, 0.15) is 11.1 Å². The van der Waals surface area contributed by atoms with Gasteiger partial charge in [0.15, 0.2) is 0 Å². The third-order valence-corrected chi connectivity index (χ3v) is 3.11. The summed E-state index contributed by atoms with van der Waals surface area (Å²) in [4.78, 5) is 0. The van der Waals surface area contributed by atoms with E-state index in [1.807, 2.05) is 0 Å². The molecule has 0 saturated carbocycles. The van der Waals surface area contributed by atoms with Gasteiger partial charge in [-0.3, -0.25) is 0 Å². The summed E-state index contributed by atoms with van der Waals surface area (Å²) in [5.74, 6) is -0.493. The fraction of sp³-hybridized carbons (Fsp3) is 0.143. The van der Waals surface area contributed by atoms with Crippen molar-refractivity contribution >= 4 is 23.2 Å². The molecule has 5 heteroatoms. The number of halogens is 4. The van der Waals surface area contributed by atoms with E-state index in [1.165, 1.54) is 18.2 Å². The summed E-state index contributed by atoms with van der Waals surface area (Å²) in [6, 6.07) is 8.79. The highest BCUT2D eigenvalue weighted by atomic mass is 35.5. The number of alkyl halides is 1. The molecule has 0 aliphatic heterocycles. The van der Waals surface area contributed by atoms with Crippen LogP contribution in [0.25, 0.3) is 0 Å². The first-order chi connectivity index (χ1) is 9.10. The van der Waals surface area contributed by atoms with Crippen LogP contribution in [0.15, 0.2) is 36.4 Å². The van der Waals surface area contributed by atoms with E-state index >= 15 is 0 Å². The molecular formula is C14H10Cl2F2O. The highest BCUT2D eigenvalue weighted by Crippen LogP contribution is 2.22. The molecule has 0 aromatic heterocycles. The Hall–Kier alpha value is -1.32. The average molecular weight is 303 g/mol. The van der Waals surface area contributed by atoms with Crippen LogP contribution in [0.4, 0.5) is 8.78 Å². The summed E-state index contributed by atoms with van der Waals surface area (Å²) in [6.45, 7) is -0.0302. The molecule has 2 rings (SSSR count). The molecule has 0 aliphatic carbocycles. The Morgan fingerprint density at radius 3 is 2.63 bits per heavy atom. The van der Waals surface area contributed by atoms with E-state index in [4.69, 9.17) is 27.9 Å². The van der Waals surface area contributed by atoms with Gasteiger partial charge in [-0.1, -0.05) is 23.7 Å². The van der Waals surface area contributed by atoms with Crippen LogP contribution in [0.5, 0.6) is 5.75 Å². The number of ether oxygens (including phenoxy) is 1. The summed E-state index contributed by atoms with van der Waals surface area (Å²) in [7, 11) is 0. The summed E-state index contributed by atoms with van der Waals surface area (Å²) in [5, 5.41) is 0.0294. The quantitative estimate of drug-likeness (QED) is 0.727. The van der Waals surface area contributed by atoms with Crippen LogP contribution in [0.2, 0.25) is 5.02 Å². The maximum Gasteiger partial charge on any atom is 0.148 e. The van der Waals surface area contributed by atoms with Crippen LogP contribution in [0.3, 0.4) is 0 Å². The van der Waals surface area contributed by atoms with Gasteiger partial charge in [0.2, 0.25) is 0 Å². The van der Waals surface area contributed by atoms with Gasteiger partial charge in [0, 0.05) is 17.5 Å². The zero-order valence-electron chi connectivity index (χ0n) is 9.80. The monoisotopic (exact) mass is 302 g/mol. The van der Waals surface area contributed by atoms with Gasteiger partial charge in [0.05, 0.1) is 5.02 Å². The lowest BCUT2D eigenvalue weighted by Crippen LogP contribution is -1.99. The second-order valence-electron chi connectivity index (χ2n) is 3.93. The molecule has 2 aromatic rings. The molecule has 0 saturated heterocycles. The van der Waals surface area contributed by atoms with Crippen LogP contribution >= 0.6 is 23.2 Å². The molecule has 0 heterocycles. The Bertz CT molecular complexity index is 588. The van der Waals surface area contributed by atoms with Gasteiger partial charge in [0.25, 0.3) is 0 Å². The lowest BCUT2D eigenvalue weighted by Gasteiger charge is -2.09. The predicted octanol–water partition coefficient (Wildman–Crippen LogP) is 4.94. The zero-order valence-corrected chi connectivity index (χ0v) is 11.3. The van der Waals surface area contributed by atoms with Gasteiger partial charge in [-0.05, 0) is 23.8 Å². The molecular weight excluding hydrogens is 293 g/mol. The van der Waals surface area contributed by atoms with E-state index in [-0.39, 0.29) is 17.5 Å². The van der Waals surface area contributed by atoms with Crippen molar-refractivity contribution in [3.05, 3.63) is 64.2 Å². The Morgan fingerprint density at radius 2 is 1.89 bits per heavy atom. The number of hydrogen-bond acceptors (Lipinski definition) is 1. The van der Waals surface area contributed by atoms with Crippen molar-refractivity contribution in [1.29, 1.82) is 0 Å². The summed E-state index contributed by atoms with van der Waals surface area (Å²) >= 11 is 11.3. The van der Waals surface area contributed by atoms with Crippen LogP contribution in [-0.2, 0) is 12.5 Å². The lowest BCUT2D eigenvalue weighted by atomic mass is 10.2. The van der Waals surface area contributed by atoms with Crippen LogP contribution in [-0.4, -0.2) is 0 Å². The van der Waals surface area contributed by atoms with Crippen molar-refractivity contribution in [3.8, 4) is 5.75 Å². The second-order valence-corrected chi connectivity index (χ2v) is 4.60. The minimum absolute atomic E-state index is 0.0294. The Kier molecular flexibility index (Phi) is 4.61. The van der Waals surface area contributed by atoms with Crippen LogP contribution in [0, 0.1) is 11.6 Å². The Labute approximate surface area is 119 Å². The first kappa shape index (κ1) is 14.1. The topological polar surface area (TPSA) is 9.23 Å². The summed E-state index contributed by atoms with van der Waals surface area (Å²) < 4.78 is 32.2. The van der Waals surface area contributed by atoms with E-state index in [9.17, 15) is 8.78 Å². The fourth-order valence-electron chi connectivity index (χ4n) is 1.60. The molecule has 19 heavy (non-hydrogen) atoms. The predicted molar refractivity (Wildman–Crippen MR) is 71.7 cm³/mol. The van der Waals surface area contributed by atoms with E-state index < -0.39 is 11.6 Å². The van der Waals surface area contributed by atoms with Crippen molar-refractivity contribution in [2.24, 2.45) is 0 Å².